The fourth-order valence-electron chi connectivity index (χ4n) is 3.54. The molecule has 4 rings (SSSR count). The van der Waals surface area contributed by atoms with E-state index in [1.807, 2.05) is 37.3 Å². The van der Waals surface area contributed by atoms with Crippen molar-refractivity contribution in [3.05, 3.63) is 35.2 Å². The van der Waals surface area contributed by atoms with Crippen LogP contribution in [0.3, 0.4) is 0 Å². The molecule has 3 heterocycles. The van der Waals surface area contributed by atoms with E-state index in [1.165, 1.54) is 11.3 Å². The normalized spacial score (nSPS) is 21.7. The summed E-state index contributed by atoms with van der Waals surface area (Å²) in [5.74, 6) is 0.0427. The lowest BCUT2D eigenvalue weighted by Crippen LogP contribution is -2.47. The van der Waals surface area contributed by atoms with E-state index < -0.39 is 11.9 Å². The van der Waals surface area contributed by atoms with Crippen LogP contribution in [0.25, 0.3) is 10.4 Å². The van der Waals surface area contributed by atoms with Crippen LogP contribution in [-0.2, 0) is 4.79 Å². The molecule has 1 amide bonds. The van der Waals surface area contributed by atoms with Gasteiger partial charge in [0.2, 0.25) is 0 Å². The van der Waals surface area contributed by atoms with E-state index in [4.69, 9.17) is 9.47 Å². The molecule has 0 saturated carbocycles. The lowest BCUT2D eigenvalue weighted by atomic mass is 9.93. The number of piperidine rings is 1. The Balaban J connectivity index is 1.55. The van der Waals surface area contributed by atoms with Crippen molar-refractivity contribution in [1.82, 2.24) is 4.90 Å². The Morgan fingerprint density at radius 2 is 1.89 bits per heavy atom. The Bertz CT molecular complexity index is 877. The number of hydrogen-bond donors (Lipinski definition) is 1. The highest BCUT2D eigenvalue weighted by atomic mass is 32.1. The van der Waals surface area contributed by atoms with E-state index in [1.54, 1.807) is 4.90 Å². The number of hydrogen-bond acceptors (Lipinski definition) is 5. The van der Waals surface area contributed by atoms with Gasteiger partial charge in [-0.25, -0.2) is 0 Å². The zero-order valence-electron chi connectivity index (χ0n) is 15.0. The monoisotopic (exact) mass is 387 g/mol. The topological polar surface area (TPSA) is 76.1 Å². The average molecular weight is 387 g/mol. The largest absolute Gasteiger partial charge is 0.486 e. The predicted octanol–water partition coefficient (Wildman–Crippen LogP) is 3.51. The minimum Gasteiger partial charge on any atom is -0.486 e. The lowest BCUT2D eigenvalue weighted by Gasteiger charge is -2.36. The van der Waals surface area contributed by atoms with Gasteiger partial charge in [0.25, 0.3) is 5.91 Å². The van der Waals surface area contributed by atoms with Gasteiger partial charge in [-0.05, 0) is 55.7 Å². The molecule has 1 fully saturated rings. The second-order valence-corrected chi connectivity index (χ2v) is 8.03. The number of aliphatic carboxylic acids is 1. The highest BCUT2D eigenvalue weighted by Gasteiger charge is 2.33. The van der Waals surface area contributed by atoms with Crippen LogP contribution in [0.5, 0.6) is 11.5 Å². The van der Waals surface area contributed by atoms with Crippen molar-refractivity contribution >= 4 is 23.2 Å². The minimum atomic E-state index is -0.831. The first-order valence-corrected chi connectivity index (χ1v) is 9.88. The van der Waals surface area contributed by atoms with Crippen LogP contribution in [0.1, 0.15) is 29.4 Å². The average Bonchev–Trinajstić information content (AvgIpc) is 3.17. The molecular formula is C20H21NO5S. The zero-order chi connectivity index (χ0) is 19.0. The van der Waals surface area contributed by atoms with Crippen molar-refractivity contribution in [2.24, 2.45) is 5.92 Å². The zero-order valence-corrected chi connectivity index (χ0v) is 15.8. The number of carboxylic acids is 1. The number of carbonyl (C=O) groups is 2. The van der Waals surface area contributed by atoms with E-state index in [9.17, 15) is 14.7 Å². The molecule has 1 N–H and O–H groups in total. The van der Waals surface area contributed by atoms with Gasteiger partial charge in [-0.1, -0.05) is 0 Å². The van der Waals surface area contributed by atoms with Crippen molar-refractivity contribution in [3.8, 4) is 21.9 Å². The van der Waals surface area contributed by atoms with Crippen LogP contribution in [0.2, 0.25) is 0 Å². The van der Waals surface area contributed by atoms with E-state index in [2.05, 4.69) is 0 Å². The Morgan fingerprint density at radius 3 is 2.67 bits per heavy atom. The summed E-state index contributed by atoms with van der Waals surface area (Å²) in [4.78, 5) is 27.6. The maximum Gasteiger partial charge on any atom is 0.308 e. The van der Waals surface area contributed by atoms with Crippen molar-refractivity contribution in [3.63, 3.8) is 0 Å². The number of carboxylic acid groups (broad SMARTS) is 1. The maximum atomic E-state index is 13.0. The van der Waals surface area contributed by atoms with Gasteiger partial charge in [0.15, 0.2) is 11.5 Å². The third-order valence-electron chi connectivity index (χ3n) is 5.14. The number of ether oxygens (including phenoxy) is 2. The fraction of sp³-hybridized carbons (Fsp3) is 0.400. The first kappa shape index (κ1) is 17.9. The van der Waals surface area contributed by atoms with Gasteiger partial charge in [0, 0.05) is 17.5 Å². The molecule has 1 aromatic carbocycles. The lowest BCUT2D eigenvalue weighted by molar-refractivity contribution is -0.143. The van der Waals surface area contributed by atoms with Crippen LogP contribution in [-0.4, -0.2) is 47.7 Å². The van der Waals surface area contributed by atoms with Gasteiger partial charge in [-0.2, -0.15) is 0 Å². The summed E-state index contributed by atoms with van der Waals surface area (Å²) >= 11 is 1.42. The summed E-state index contributed by atoms with van der Waals surface area (Å²) in [6.07, 6.45) is 1.33. The minimum absolute atomic E-state index is 0.0490. The molecule has 6 nitrogen and oxygen atoms in total. The molecule has 0 spiro atoms. The first-order valence-electron chi connectivity index (χ1n) is 9.06. The maximum absolute atomic E-state index is 13.0. The summed E-state index contributed by atoms with van der Waals surface area (Å²) in [6, 6.07) is 9.56. The molecule has 1 aromatic heterocycles. The number of likely N-dealkylation sites (tertiary alicyclic amines) is 1. The summed E-state index contributed by atoms with van der Waals surface area (Å²) in [6.45, 7) is 3.33. The van der Waals surface area contributed by atoms with Gasteiger partial charge in [0.1, 0.15) is 13.2 Å². The smallest absolute Gasteiger partial charge is 0.308 e. The van der Waals surface area contributed by atoms with Crippen molar-refractivity contribution in [2.75, 3.05) is 19.8 Å². The standard InChI is InChI=1S/C20H21NO5S/c1-12-2-3-14(20(23)24)11-21(12)19(22)18-7-6-17(27-18)13-4-5-15-16(10-13)26-9-8-25-15/h4-7,10,12,14H,2-3,8-9,11H2,1H3,(H,23,24). The van der Waals surface area contributed by atoms with E-state index in [0.29, 0.717) is 36.7 Å². The second kappa shape index (κ2) is 7.23. The molecule has 7 heteroatoms. The molecule has 2 aromatic rings. The van der Waals surface area contributed by atoms with Crippen LogP contribution in [0.4, 0.5) is 0 Å². The van der Waals surface area contributed by atoms with Crippen molar-refractivity contribution < 1.29 is 24.2 Å². The number of rotatable bonds is 3. The van der Waals surface area contributed by atoms with Crippen molar-refractivity contribution in [1.29, 1.82) is 0 Å². The number of nitrogens with zero attached hydrogens (tertiary/aromatic N) is 1. The molecule has 1 saturated heterocycles. The molecule has 2 aliphatic rings. The molecule has 2 atom stereocenters. The number of fused-ring (bicyclic) bond motifs is 1. The van der Waals surface area contributed by atoms with Gasteiger partial charge in [0.05, 0.1) is 10.8 Å². The molecule has 0 bridgehead atoms. The summed E-state index contributed by atoms with van der Waals surface area (Å²) in [5, 5.41) is 9.29. The third-order valence-corrected chi connectivity index (χ3v) is 6.26. The molecule has 0 aliphatic carbocycles. The number of amides is 1. The Labute approximate surface area is 161 Å². The molecule has 2 aliphatic heterocycles. The fourth-order valence-corrected chi connectivity index (χ4v) is 4.50. The van der Waals surface area contributed by atoms with Gasteiger partial charge in [-0.3, -0.25) is 9.59 Å². The molecule has 142 valence electrons. The van der Waals surface area contributed by atoms with Gasteiger partial charge in [-0.15, -0.1) is 11.3 Å². The first-order chi connectivity index (χ1) is 13.0. The molecular weight excluding hydrogens is 366 g/mol. The Hall–Kier alpha value is -2.54. The quantitative estimate of drug-likeness (QED) is 0.872. The van der Waals surface area contributed by atoms with E-state index in [0.717, 1.165) is 16.2 Å². The molecule has 2 unspecified atom stereocenters. The van der Waals surface area contributed by atoms with Crippen molar-refractivity contribution in [2.45, 2.75) is 25.8 Å². The number of benzene rings is 1. The third kappa shape index (κ3) is 3.51. The summed E-state index contributed by atoms with van der Waals surface area (Å²) in [7, 11) is 0. The Kier molecular flexibility index (Phi) is 4.78. The second-order valence-electron chi connectivity index (χ2n) is 6.94. The van der Waals surface area contributed by atoms with Gasteiger partial charge < -0.3 is 19.5 Å². The van der Waals surface area contributed by atoms with E-state index >= 15 is 0 Å². The van der Waals surface area contributed by atoms with Crippen LogP contribution >= 0.6 is 11.3 Å². The highest BCUT2D eigenvalue weighted by Crippen LogP contribution is 2.37. The SMILES string of the molecule is CC1CCC(C(=O)O)CN1C(=O)c1ccc(-c2ccc3c(c2)OCCO3)s1. The predicted molar refractivity (Wildman–Crippen MR) is 102 cm³/mol. The Morgan fingerprint density at radius 1 is 1.11 bits per heavy atom. The van der Waals surface area contributed by atoms with Gasteiger partial charge >= 0.3 is 5.97 Å². The van der Waals surface area contributed by atoms with Crippen LogP contribution in [0, 0.1) is 5.92 Å². The summed E-state index contributed by atoms with van der Waals surface area (Å²) in [5.41, 5.74) is 0.971. The number of carbonyl (C=O) groups excluding carboxylic acids is 1. The van der Waals surface area contributed by atoms with E-state index in [-0.39, 0.29) is 18.5 Å². The van der Waals surface area contributed by atoms with Crippen LogP contribution in [0.15, 0.2) is 30.3 Å². The molecule has 27 heavy (non-hydrogen) atoms. The molecule has 0 radical (unpaired) electrons. The number of thiophene rings is 1. The highest BCUT2D eigenvalue weighted by molar-refractivity contribution is 7.17. The van der Waals surface area contributed by atoms with Crippen LogP contribution < -0.4 is 9.47 Å². The summed E-state index contributed by atoms with van der Waals surface area (Å²) < 4.78 is 11.2.